The highest BCUT2D eigenvalue weighted by atomic mass is 32.1. The average molecular weight is 393 g/mol. The maximum Gasteiger partial charge on any atom is 0.171 e. The van der Waals surface area contributed by atoms with Gasteiger partial charge in [0.05, 0.1) is 20.3 Å². The Kier molecular flexibility index (Phi) is 7.41. The first-order chi connectivity index (χ1) is 13.7. The standard InChI is InChI=1S/C23H24N2O2S/c1-26-22-12-10-21(11-13-22)25-23(28)24-15-19-8-5-9-20(14-19)17-27-16-18-6-3-2-4-7-18/h2-14H,15-17H2,1H3,(H2,24,25,28). The number of methoxy groups -OCH3 is 1. The number of ether oxygens (including phenoxy) is 2. The molecule has 3 aromatic rings. The Balaban J connectivity index is 1.45. The molecule has 0 saturated heterocycles. The first kappa shape index (κ1) is 19.9. The molecule has 4 nitrogen and oxygen atoms in total. The zero-order valence-electron chi connectivity index (χ0n) is 15.9. The fourth-order valence-electron chi connectivity index (χ4n) is 2.72. The van der Waals surface area contributed by atoms with Crippen LogP contribution in [0.15, 0.2) is 78.9 Å². The van der Waals surface area contributed by atoms with Crippen LogP contribution in [-0.2, 0) is 24.5 Å². The molecule has 0 fully saturated rings. The smallest absolute Gasteiger partial charge is 0.171 e. The largest absolute Gasteiger partial charge is 0.497 e. The molecule has 0 bridgehead atoms. The van der Waals surface area contributed by atoms with Crippen molar-refractivity contribution in [3.63, 3.8) is 0 Å². The quantitative estimate of drug-likeness (QED) is 0.534. The molecule has 144 valence electrons. The molecule has 5 heteroatoms. The summed E-state index contributed by atoms with van der Waals surface area (Å²) >= 11 is 5.38. The minimum atomic E-state index is 0.580. The predicted molar refractivity (Wildman–Crippen MR) is 117 cm³/mol. The lowest BCUT2D eigenvalue weighted by molar-refractivity contribution is 0.107. The first-order valence-electron chi connectivity index (χ1n) is 9.11. The molecule has 0 unspecified atom stereocenters. The fourth-order valence-corrected chi connectivity index (χ4v) is 2.91. The lowest BCUT2D eigenvalue weighted by Crippen LogP contribution is -2.27. The van der Waals surface area contributed by atoms with Gasteiger partial charge in [0.25, 0.3) is 0 Å². The Hall–Kier alpha value is -2.89. The molecule has 0 aromatic heterocycles. The number of hydrogen-bond donors (Lipinski definition) is 2. The second-order valence-corrected chi connectivity index (χ2v) is 6.74. The van der Waals surface area contributed by atoms with E-state index in [0.29, 0.717) is 24.9 Å². The van der Waals surface area contributed by atoms with Crippen LogP contribution in [0.3, 0.4) is 0 Å². The number of thiocarbonyl (C=S) groups is 1. The summed E-state index contributed by atoms with van der Waals surface area (Å²) in [5.74, 6) is 0.815. The molecule has 0 saturated carbocycles. The van der Waals surface area contributed by atoms with Crippen LogP contribution < -0.4 is 15.4 Å². The number of nitrogens with one attached hydrogen (secondary N) is 2. The number of rotatable bonds is 8. The lowest BCUT2D eigenvalue weighted by Gasteiger charge is -2.12. The van der Waals surface area contributed by atoms with Gasteiger partial charge in [-0.1, -0.05) is 54.6 Å². The maximum absolute atomic E-state index is 5.82. The molecule has 0 atom stereocenters. The van der Waals surface area contributed by atoms with Gasteiger partial charge in [0.1, 0.15) is 5.75 Å². The summed E-state index contributed by atoms with van der Waals surface area (Å²) in [4.78, 5) is 0. The van der Waals surface area contributed by atoms with E-state index in [1.807, 2.05) is 48.5 Å². The second-order valence-electron chi connectivity index (χ2n) is 6.33. The Morgan fingerprint density at radius 2 is 1.50 bits per heavy atom. The van der Waals surface area contributed by atoms with E-state index in [9.17, 15) is 0 Å². The van der Waals surface area contributed by atoms with Gasteiger partial charge in [0, 0.05) is 12.2 Å². The SMILES string of the molecule is COc1ccc(NC(=S)NCc2cccc(COCc3ccccc3)c2)cc1. The van der Waals surface area contributed by atoms with Crippen LogP contribution in [0, 0.1) is 0 Å². The van der Waals surface area contributed by atoms with E-state index < -0.39 is 0 Å². The highest BCUT2D eigenvalue weighted by Gasteiger charge is 2.01. The van der Waals surface area contributed by atoms with Crippen molar-refractivity contribution in [2.75, 3.05) is 12.4 Å². The van der Waals surface area contributed by atoms with E-state index in [0.717, 1.165) is 22.6 Å². The van der Waals surface area contributed by atoms with E-state index in [2.05, 4.69) is 41.0 Å². The molecule has 0 radical (unpaired) electrons. The van der Waals surface area contributed by atoms with Crippen molar-refractivity contribution in [2.45, 2.75) is 19.8 Å². The van der Waals surface area contributed by atoms with Gasteiger partial charge >= 0.3 is 0 Å². The molecule has 0 heterocycles. The monoisotopic (exact) mass is 392 g/mol. The Labute approximate surface area is 171 Å². The van der Waals surface area contributed by atoms with Crippen LogP contribution >= 0.6 is 12.2 Å². The van der Waals surface area contributed by atoms with Gasteiger partial charge in [0.15, 0.2) is 5.11 Å². The Morgan fingerprint density at radius 1 is 0.821 bits per heavy atom. The summed E-state index contributed by atoms with van der Waals surface area (Å²) in [5.41, 5.74) is 4.39. The molecular formula is C23H24N2O2S. The molecule has 0 amide bonds. The van der Waals surface area contributed by atoms with E-state index in [1.54, 1.807) is 7.11 Å². The van der Waals surface area contributed by atoms with Gasteiger partial charge in [-0.25, -0.2) is 0 Å². The van der Waals surface area contributed by atoms with Crippen LogP contribution in [0.25, 0.3) is 0 Å². The van der Waals surface area contributed by atoms with Gasteiger partial charge in [-0.2, -0.15) is 0 Å². The summed E-state index contributed by atoms with van der Waals surface area (Å²) in [6, 6.07) is 26.1. The minimum absolute atomic E-state index is 0.580. The Morgan fingerprint density at radius 3 is 2.25 bits per heavy atom. The van der Waals surface area contributed by atoms with Crippen molar-refractivity contribution in [1.82, 2.24) is 5.32 Å². The molecule has 3 aromatic carbocycles. The summed E-state index contributed by atoms with van der Waals surface area (Å²) < 4.78 is 11.0. The third-order valence-electron chi connectivity index (χ3n) is 4.17. The summed E-state index contributed by atoms with van der Waals surface area (Å²) in [5, 5.41) is 6.98. The van der Waals surface area contributed by atoms with E-state index in [4.69, 9.17) is 21.7 Å². The molecule has 2 N–H and O–H groups in total. The van der Waals surface area contributed by atoms with E-state index in [-0.39, 0.29) is 0 Å². The highest BCUT2D eigenvalue weighted by molar-refractivity contribution is 7.80. The second kappa shape index (κ2) is 10.4. The molecule has 3 rings (SSSR count). The predicted octanol–water partition coefficient (Wildman–Crippen LogP) is 4.90. The first-order valence-corrected chi connectivity index (χ1v) is 9.52. The van der Waals surface area contributed by atoms with Crippen molar-refractivity contribution in [2.24, 2.45) is 0 Å². The Bertz CT molecular complexity index is 883. The molecular weight excluding hydrogens is 368 g/mol. The van der Waals surface area contributed by atoms with E-state index in [1.165, 1.54) is 5.56 Å². The van der Waals surface area contributed by atoms with Crippen molar-refractivity contribution >= 4 is 23.0 Å². The maximum atomic E-state index is 5.82. The summed E-state index contributed by atoms with van der Waals surface area (Å²) in [6.45, 7) is 1.84. The third kappa shape index (κ3) is 6.37. The lowest BCUT2D eigenvalue weighted by atomic mass is 10.1. The van der Waals surface area contributed by atoms with Gasteiger partial charge in [-0.15, -0.1) is 0 Å². The summed E-state index contributed by atoms with van der Waals surface area (Å²) in [6.07, 6.45) is 0. The minimum Gasteiger partial charge on any atom is -0.497 e. The van der Waals surface area contributed by atoms with Crippen LogP contribution in [0.1, 0.15) is 16.7 Å². The number of benzene rings is 3. The number of anilines is 1. The van der Waals surface area contributed by atoms with Crippen LogP contribution in [-0.4, -0.2) is 12.2 Å². The van der Waals surface area contributed by atoms with Gasteiger partial charge in [0.2, 0.25) is 0 Å². The topological polar surface area (TPSA) is 42.5 Å². The van der Waals surface area contributed by atoms with Crippen molar-refractivity contribution in [3.05, 3.63) is 95.6 Å². The van der Waals surface area contributed by atoms with Gasteiger partial charge in [-0.05, 0) is 53.2 Å². The molecule has 0 spiro atoms. The molecule has 0 aliphatic heterocycles. The van der Waals surface area contributed by atoms with Crippen molar-refractivity contribution in [1.29, 1.82) is 0 Å². The van der Waals surface area contributed by atoms with Gasteiger partial charge in [-0.3, -0.25) is 0 Å². The van der Waals surface area contributed by atoms with Crippen molar-refractivity contribution in [3.8, 4) is 5.75 Å². The highest BCUT2D eigenvalue weighted by Crippen LogP contribution is 2.15. The van der Waals surface area contributed by atoms with Crippen LogP contribution in [0.5, 0.6) is 5.75 Å². The van der Waals surface area contributed by atoms with E-state index >= 15 is 0 Å². The fraction of sp³-hybridized carbons (Fsp3) is 0.174. The molecule has 0 aliphatic carbocycles. The normalized spacial score (nSPS) is 10.3. The zero-order valence-corrected chi connectivity index (χ0v) is 16.7. The zero-order chi connectivity index (χ0) is 19.6. The third-order valence-corrected chi connectivity index (χ3v) is 4.42. The number of hydrogen-bond acceptors (Lipinski definition) is 3. The molecule has 28 heavy (non-hydrogen) atoms. The summed E-state index contributed by atoms with van der Waals surface area (Å²) in [7, 11) is 1.65. The van der Waals surface area contributed by atoms with Crippen LogP contribution in [0.4, 0.5) is 5.69 Å². The van der Waals surface area contributed by atoms with Crippen LogP contribution in [0.2, 0.25) is 0 Å². The molecule has 0 aliphatic rings. The van der Waals surface area contributed by atoms with Gasteiger partial charge < -0.3 is 20.1 Å². The van der Waals surface area contributed by atoms with Crippen molar-refractivity contribution < 1.29 is 9.47 Å². The average Bonchev–Trinajstić information content (AvgIpc) is 2.74.